The predicted molar refractivity (Wildman–Crippen MR) is 125 cm³/mol. The molecular formula is C21H42N6O9. The zero-order valence-electron chi connectivity index (χ0n) is 20.4. The summed E-state index contributed by atoms with van der Waals surface area (Å²) in [5.74, 6) is -0.789. The average molecular weight is 523 g/mol. The summed E-state index contributed by atoms with van der Waals surface area (Å²) in [4.78, 5) is 12.4. The molecule has 2 aliphatic heterocycles. The van der Waals surface area contributed by atoms with E-state index in [0.29, 0.717) is 12.8 Å². The molecule has 13 atom stereocenters. The summed E-state index contributed by atoms with van der Waals surface area (Å²) in [5, 5.41) is 44.6. The Kier molecular flexibility index (Phi) is 10.0. The molecule has 0 radical (unpaired) electrons. The largest absolute Gasteiger partial charge is 0.388 e. The maximum absolute atomic E-state index is 12.4. The molecule has 15 N–H and O–H groups in total. The van der Waals surface area contributed by atoms with E-state index in [9.17, 15) is 25.2 Å². The molecule has 0 aromatic carbocycles. The lowest BCUT2D eigenvalue weighted by molar-refractivity contribution is -0.305. The van der Waals surface area contributed by atoms with Crippen molar-refractivity contribution in [1.82, 2.24) is 5.32 Å². The standard InChI is InChI=1S/C21H42N6O9/c1-21(32)7-33-20(14(30)17(21)26)36-16-11(27-18(31)12(28)6-23)4-10(25)15(13(16)29)35-19-9(24)3-2-8(5-22)34-19/h8-17,19-20,28-30,32H,2-7,22-26H2,1H3,(H,27,31)/t8-,9-,10-,11+,12?,13-,14+,15+,16-,17-,19+,20+,21+/m0/s1. The first-order valence-electron chi connectivity index (χ1n) is 12.2. The van der Waals surface area contributed by atoms with Gasteiger partial charge in [0.2, 0.25) is 5.91 Å². The van der Waals surface area contributed by atoms with E-state index in [1.807, 2.05) is 0 Å². The molecular weight excluding hydrogens is 480 g/mol. The zero-order valence-corrected chi connectivity index (χ0v) is 20.4. The fraction of sp³-hybridized carbons (Fsp3) is 0.952. The Labute approximate surface area is 209 Å². The van der Waals surface area contributed by atoms with Crippen molar-refractivity contribution in [3.8, 4) is 0 Å². The van der Waals surface area contributed by atoms with Crippen LogP contribution in [0.25, 0.3) is 0 Å². The second-order valence-corrected chi connectivity index (χ2v) is 10.1. The fourth-order valence-corrected chi connectivity index (χ4v) is 4.72. The van der Waals surface area contributed by atoms with Gasteiger partial charge in [-0.2, -0.15) is 0 Å². The number of nitrogens with one attached hydrogen (secondary N) is 1. The summed E-state index contributed by atoms with van der Waals surface area (Å²) < 4.78 is 23.2. The quantitative estimate of drug-likeness (QED) is 0.142. The van der Waals surface area contributed by atoms with Gasteiger partial charge >= 0.3 is 0 Å². The van der Waals surface area contributed by atoms with Gasteiger partial charge in [-0.1, -0.05) is 0 Å². The van der Waals surface area contributed by atoms with Crippen LogP contribution in [0, 0.1) is 0 Å². The summed E-state index contributed by atoms with van der Waals surface area (Å²) in [6, 6.07) is -3.31. The van der Waals surface area contributed by atoms with Crippen LogP contribution < -0.4 is 34.0 Å². The smallest absolute Gasteiger partial charge is 0.250 e. The first-order chi connectivity index (χ1) is 16.9. The van der Waals surface area contributed by atoms with E-state index in [2.05, 4.69) is 5.32 Å². The molecule has 0 bridgehead atoms. The highest BCUT2D eigenvalue weighted by Gasteiger charge is 2.51. The number of nitrogens with two attached hydrogens (primary N) is 5. The van der Waals surface area contributed by atoms with Gasteiger partial charge in [-0.3, -0.25) is 4.79 Å². The molecule has 0 aromatic rings. The molecule has 15 nitrogen and oxygen atoms in total. The molecule has 3 aliphatic rings. The summed E-state index contributed by atoms with van der Waals surface area (Å²) in [6.45, 7) is 1.12. The van der Waals surface area contributed by atoms with Crippen LogP contribution in [-0.2, 0) is 23.7 Å². The number of rotatable bonds is 8. The Morgan fingerprint density at radius 3 is 2.39 bits per heavy atom. The van der Waals surface area contributed by atoms with Crippen molar-refractivity contribution in [2.45, 2.75) is 105 Å². The van der Waals surface area contributed by atoms with Crippen molar-refractivity contribution in [3.05, 3.63) is 0 Å². The lowest BCUT2D eigenvalue weighted by Gasteiger charge is -2.48. The minimum atomic E-state index is -1.51. The van der Waals surface area contributed by atoms with Crippen molar-refractivity contribution < 1.29 is 44.2 Å². The SMILES string of the molecule is C[C@@]1(O)CO[C@H](O[C@@H]2[C@@H](O)[C@H](O[C@H]3O[C@H](CN)CC[C@@H]3N)[C@@H](N)C[C@H]2NC(=O)C(O)CN)[C@H](O)[C@@H]1N. The second kappa shape index (κ2) is 12.2. The van der Waals surface area contributed by atoms with Crippen molar-refractivity contribution >= 4 is 5.91 Å². The van der Waals surface area contributed by atoms with Gasteiger partial charge < -0.3 is 73.4 Å². The third-order valence-corrected chi connectivity index (χ3v) is 7.12. The summed E-state index contributed by atoms with van der Waals surface area (Å²) in [5.41, 5.74) is 28.0. The van der Waals surface area contributed by atoms with Gasteiger partial charge in [-0.25, -0.2) is 0 Å². The lowest BCUT2D eigenvalue weighted by Crippen LogP contribution is -2.69. The van der Waals surface area contributed by atoms with Crippen molar-refractivity contribution in [3.63, 3.8) is 0 Å². The van der Waals surface area contributed by atoms with Gasteiger partial charge in [0.15, 0.2) is 12.6 Å². The lowest BCUT2D eigenvalue weighted by atomic mass is 9.83. The molecule has 1 aliphatic carbocycles. The van der Waals surface area contributed by atoms with E-state index in [1.54, 1.807) is 0 Å². The maximum Gasteiger partial charge on any atom is 0.250 e. The molecule has 210 valence electrons. The van der Waals surface area contributed by atoms with Gasteiger partial charge in [0.05, 0.1) is 30.8 Å². The number of carbonyl (C=O) groups excluding carboxylic acids is 1. The highest BCUT2D eigenvalue weighted by molar-refractivity contribution is 5.81. The van der Waals surface area contributed by atoms with E-state index in [-0.39, 0.29) is 32.2 Å². The van der Waals surface area contributed by atoms with Crippen LogP contribution in [0.2, 0.25) is 0 Å². The zero-order chi connectivity index (χ0) is 26.8. The Balaban J connectivity index is 1.80. The van der Waals surface area contributed by atoms with Gasteiger partial charge in [0.1, 0.15) is 36.1 Å². The van der Waals surface area contributed by atoms with E-state index in [1.165, 1.54) is 6.92 Å². The van der Waals surface area contributed by atoms with Crippen LogP contribution in [-0.4, -0.2) is 125 Å². The summed E-state index contributed by atoms with van der Waals surface area (Å²) in [6.07, 6.45) is -7.81. The number of carbonyl (C=O) groups is 1. The Morgan fingerprint density at radius 1 is 1.08 bits per heavy atom. The van der Waals surface area contributed by atoms with Crippen LogP contribution in [0.15, 0.2) is 0 Å². The minimum Gasteiger partial charge on any atom is -0.388 e. The third kappa shape index (κ3) is 6.50. The monoisotopic (exact) mass is 522 g/mol. The molecule has 1 saturated carbocycles. The average Bonchev–Trinajstić information content (AvgIpc) is 2.84. The van der Waals surface area contributed by atoms with E-state index < -0.39 is 78.8 Å². The molecule has 3 fully saturated rings. The maximum atomic E-state index is 12.4. The summed E-state index contributed by atoms with van der Waals surface area (Å²) in [7, 11) is 0. The number of hydrogen-bond acceptors (Lipinski definition) is 14. The minimum absolute atomic E-state index is 0.0598. The van der Waals surface area contributed by atoms with Gasteiger partial charge in [0, 0.05) is 19.1 Å². The van der Waals surface area contributed by atoms with Crippen LogP contribution in [0.3, 0.4) is 0 Å². The van der Waals surface area contributed by atoms with Crippen molar-refractivity contribution in [1.29, 1.82) is 0 Å². The first-order valence-corrected chi connectivity index (χ1v) is 12.2. The molecule has 0 aromatic heterocycles. The number of aliphatic hydroxyl groups is 4. The van der Waals surface area contributed by atoms with Crippen LogP contribution in [0.4, 0.5) is 0 Å². The van der Waals surface area contributed by atoms with Crippen molar-refractivity contribution in [2.75, 3.05) is 19.7 Å². The van der Waals surface area contributed by atoms with Gasteiger partial charge in [-0.05, 0) is 26.2 Å². The normalized spacial score (nSPS) is 46.8. The number of amides is 1. The highest BCUT2D eigenvalue weighted by Crippen LogP contribution is 2.31. The molecule has 15 heteroatoms. The second-order valence-electron chi connectivity index (χ2n) is 10.1. The van der Waals surface area contributed by atoms with Gasteiger partial charge in [-0.15, -0.1) is 0 Å². The molecule has 3 rings (SSSR count). The topological polar surface area (TPSA) is 277 Å². The molecule has 0 spiro atoms. The highest BCUT2D eigenvalue weighted by atomic mass is 16.7. The first kappa shape index (κ1) is 29.5. The predicted octanol–water partition coefficient (Wildman–Crippen LogP) is -5.76. The van der Waals surface area contributed by atoms with E-state index in [0.717, 1.165) is 0 Å². The molecule has 2 saturated heterocycles. The summed E-state index contributed by atoms with van der Waals surface area (Å²) >= 11 is 0. The van der Waals surface area contributed by atoms with E-state index in [4.69, 9.17) is 47.6 Å². The van der Waals surface area contributed by atoms with Crippen LogP contribution in [0.5, 0.6) is 0 Å². The number of hydrogen-bond donors (Lipinski definition) is 10. The van der Waals surface area contributed by atoms with E-state index >= 15 is 0 Å². The third-order valence-electron chi connectivity index (χ3n) is 7.12. The van der Waals surface area contributed by atoms with Crippen LogP contribution >= 0.6 is 0 Å². The Hall–Kier alpha value is -1.05. The fourth-order valence-electron chi connectivity index (χ4n) is 4.72. The van der Waals surface area contributed by atoms with Crippen molar-refractivity contribution in [2.24, 2.45) is 28.7 Å². The molecule has 36 heavy (non-hydrogen) atoms. The number of ether oxygens (including phenoxy) is 4. The Bertz CT molecular complexity index is 736. The molecule has 1 amide bonds. The van der Waals surface area contributed by atoms with Gasteiger partial charge in [0.25, 0.3) is 0 Å². The molecule has 2 heterocycles. The number of aliphatic hydroxyl groups excluding tert-OH is 3. The van der Waals surface area contributed by atoms with Crippen LogP contribution in [0.1, 0.15) is 26.2 Å². The Morgan fingerprint density at radius 2 is 1.75 bits per heavy atom. The molecule has 1 unspecified atom stereocenters.